The molecule has 0 bridgehead atoms. The Hall–Kier alpha value is -5.12. The standard InChI is InChI=1S/C33H34F4N8O4/c1-48-30-40-14-23(15-41-30)22-7-12-27(38-13-22)45(31(47)49-17-21-5-3-2-4-6-21)25-10-8-24(9-11-25)42-29-39-16-26(33(35,36)37)28(43-29)44-18-32(34,19-44)20-46/h2-7,12-16,24-25,46H,8-11,17-20H2,1H3,(H,39,42,43)/t24-,25-. The van der Waals surface area contributed by atoms with Crippen LogP contribution in [-0.2, 0) is 17.5 Å². The van der Waals surface area contributed by atoms with Gasteiger partial charge in [-0.05, 0) is 43.4 Å². The molecule has 4 aromatic rings. The molecule has 1 aliphatic heterocycles. The van der Waals surface area contributed by atoms with E-state index >= 15 is 0 Å². The van der Waals surface area contributed by atoms with Crippen LogP contribution in [0, 0.1) is 0 Å². The van der Waals surface area contributed by atoms with E-state index in [1.54, 1.807) is 24.7 Å². The van der Waals surface area contributed by atoms with E-state index in [1.165, 1.54) is 12.0 Å². The first-order valence-electron chi connectivity index (χ1n) is 15.6. The minimum atomic E-state index is -4.74. The minimum Gasteiger partial charge on any atom is -0.467 e. The van der Waals surface area contributed by atoms with E-state index in [9.17, 15) is 27.5 Å². The predicted molar refractivity (Wildman–Crippen MR) is 171 cm³/mol. The number of aliphatic hydroxyl groups is 1. The molecule has 258 valence electrons. The summed E-state index contributed by atoms with van der Waals surface area (Å²) >= 11 is 0. The topological polar surface area (TPSA) is 139 Å². The van der Waals surface area contributed by atoms with Crippen molar-refractivity contribution < 1.29 is 36.9 Å². The van der Waals surface area contributed by atoms with Gasteiger partial charge in [0.15, 0.2) is 5.67 Å². The van der Waals surface area contributed by atoms with Crippen LogP contribution in [0.1, 0.15) is 36.8 Å². The van der Waals surface area contributed by atoms with Gasteiger partial charge < -0.3 is 24.8 Å². The Bertz CT molecular complexity index is 1720. The molecule has 1 amide bonds. The van der Waals surface area contributed by atoms with Gasteiger partial charge in [-0.25, -0.2) is 29.1 Å². The first-order chi connectivity index (χ1) is 23.5. The number of anilines is 3. The second-order valence-electron chi connectivity index (χ2n) is 12.0. The summed E-state index contributed by atoms with van der Waals surface area (Å²) in [5, 5.41) is 12.3. The number of carbonyl (C=O) groups is 1. The van der Waals surface area contributed by atoms with Crippen LogP contribution in [0.4, 0.5) is 39.9 Å². The Kier molecular flexibility index (Phi) is 9.76. The van der Waals surface area contributed by atoms with Gasteiger partial charge in [0.25, 0.3) is 0 Å². The zero-order chi connectivity index (χ0) is 34.6. The van der Waals surface area contributed by atoms with Gasteiger partial charge in [0.1, 0.15) is 23.8 Å². The van der Waals surface area contributed by atoms with Crippen molar-refractivity contribution in [3.05, 3.63) is 78.4 Å². The van der Waals surface area contributed by atoms with E-state index in [4.69, 9.17) is 9.47 Å². The molecule has 2 aliphatic rings. The third kappa shape index (κ3) is 7.80. The Balaban J connectivity index is 1.16. The predicted octanol–water partition coefficient (Wildman–Crippen LogP) is 5.44. The van der Waals surface area contributed by atoms with Crippen molar-refractivity contribution in [3.63, 3.8) is 0 Å². The summed E-state index contributed by atoms with van der Waals surface area (Å²) < 4.78 is 66.2. The molecule has 1 aromatic carbocycles. The number of carbonyl (C=O) groups excluding carboxylic acids is 1. The molecule has 49 heavy (non-hydrogen) atoms. The van der Waals surface area contributed by atoms with Crippen LogP contribution in [0.25, 0.3) is 11.1 Å². The molecule has 1 aliphatic carbocycles. The lowest BCUT2D eigenvalue weighted by Crippen LogP contribution is -2.61. The molecule has 2 N–H and O–H groups in total. The van der Waals surface area contributed by atoms with Gasteiger partial charge in [-0.15, -0.1) is 0 Å². The summed E-state index contributed by atoms with van der Waals surface area (Å²) in [5.41, 5.74) is -0.782. The molecule has 12 nitrogen and oxygen atoms in total. The van der Waals surface area contributed by atoms with Crippen LogP contribution < -0.4 is 19.9 Å². The average molecular weight is 683 g/mol. The van der Waals surface area contributed by atoms with Gasteiger partial charge in [0.2, 0.25) is 5.95 Å². The molecule has 0 unspecified atom stereocenters. The SMILES string of the molecule is COc1ncc(-c2ccc(N(C(=O)OCc3ccccc3)[C@H]3CC[C@H](Nc4ncc(C(F)(F)F)c(N5CC(F)(CO)C5)n4)CC3)nc2)cn1. The van der Waals surface area contributed by atoms with Crippen LogP contribution in [0.5, 0.6) is 6.01 Å². The summed E-state index contributed by atoms with van der Waals surface area (Å²) in [4.78, 5) is 37.1. The number of nitrogens with zero attached hydrogens (tertiary/aromatic N) is 7. The largest absolute Gasteiger partial charge is 0.467 e. The Morgan fingerprint density at radius 3 is 2.29 bits per heavy atom. The molecule has 4 heterocycles. The molecule has 2 fully saturated rings. The Morgan fingerprint density at radius 1 is 0.980 bits per heavy atom. The van der Waals surface area contributed by atoms with Crippen molar-refractivity contribution in [3.8, 4) is 17.1 Å². The highest BCUT2D eigenvalue weighted by atomic mass is 19.4. The van der Waals surface area contributed by atoms with Gasteiger partial charge in [0, 0.05) is 48.0 Å². The molecule has 0 spiro atoms. The number of hydrogen-bond acceptors (Lipinski definition) is 11. The van der Waals surface area contributed by atoms with Crippen LogP contribution in [0.3, 0.4) is 0 Å². The summed E-state index contributed by atoms with van der Waals surface area (Å²) in [6.07, 6.45) is 2.34. The highest BCUT2D eigenvalue weighted by Crippen LogP contribution is 2.40. The lowest BCUT2D eigenvalue weighted by molar-refractivity contribution is -0.137. The molecule has 0 atom stereocenters. The number of rotatable bonds is 10. The molecule has 16 heteroatoms. The van der Waals surface area contributed by atoms with E-state index in [-0.39, 0.29) is 30.6 Å². The lowest BCUT2D eigenvalue weighted by Gasteiger charge is -2.44. The van der Waals surface area contributed by atoms with Crippen LogP contribution >= 0.6 is 0 Å². The van der Waals surface area contributed by atoms with E-state index in [2.05, 4.69) is 30.2 Å². The monoisotopic (exact) mass is 682 g/mol. The number of amides is 1. The van der Waals surface area contributed by atoms with Gasteiger partial charge >= 0.3 is 18.3 Å². The van der Waals surface area contributed by atoms with Gasteiger partial charge in [-0.2, -0.15) is 18.2 Å². The summed E-state index contributed by atoms with van der Waals surface area (Å²) in [7, 11) is 1.48. The zero-order valence-corrected chi connectivity index (χ0v) is 26.5. The third-order valence-corrected chi connectivity index (χ3v) is 8.54. The highest BCUT2D eigenvalue weighted by Gasteiger charge is 2.47. The fourth-order valence-corrected chi connectivity index (χ4v) is 5.92. The summed E-state index contributed by atoms with van der Waals surface area (Å²) in [6.45, 7) is -1.54. The zero-order valence-electron chi connectivity index (χ0n) is 26.5. The first-order valence-corrected chi connectivity index (χ1v) is 15.6. The maximum atomic E-state index is 14.3. The molecule has 0 radical (unpaired) electrons. The number of aliphatic hydroxyl groups excluding tert-OH is 1. The molecule has 1 saturated heterocycles. The molecule has 6 rings (SSSR count). The number of ether oxygens (including phenoxy) is 2. The number of alkyl halides is 4. The highest BCUT2D eigenvalue weighted by molar-refractivity contribution is 5.87. The third-order valence-electron chi connectivity index (χ3n) is 8.54. The number of pyridine rings is 1. The summed E-state index contributed by atoms with van der Waals surface area (Å²) in [6, 6.07) is 12.6. The van der Waals surface area contributed by atoms with Crippen LogP contribution in [0.15, 0.2) is 67.3 Å². The number of aromatic nitrogens is 5. The number of hydrogen-bond donors (Lipinski definition) is 2. The normalized spacial score (nSPS) is 18.7. The molecule has 3 aromatic heterocycles. The first kappa shape index (κ1) is 33.8. The minimum absolute atomic E-state index is 0.0225. The van der Waals surface area contributed by atoms with Crippen molar-refractivity contribution in [2.75, 3.05) is 41.9 Å². The van der Waals surface area contributed by atoms with Crippen LogP contribution in [-0.4, -0.2) is 80.7 Å². The molecular formula is C33H34F4N8O4. The van der Waals surface area contributed by atoms with Gasteiger partial charge in [-0.3, -0.25) is 4.90 Å². The Morgan fingerprint density at radius 2 is 1.67 bits per heavy atom. The average Bonchev–Trinajstić information content (AvgIpc) is 3.10. The maximum absolute atomic E-state index is 14.3. The smallest absolute Gasteiger partial charge is 0.421 e. The Labute approximate surface area is 279 Å². The van der Waals surface area contributed by atoms with Crippen molar-refractivity contribution in [1.82, 2.24) is 24.9 Å². The maximum Gasteiger partial charge on any atom is 0.421 e. The second kappa shape index (κ2) is 14.2. The van der Waals surface area contributed by atoms with Crippen LogP contribution in [0.2, 0.25) is 0 Å². The van der Waals surface area contributed by atoms with Gasteiger partial charge in [0.05, 0.1) is 26.8 Å². The fraction of sp³-hybridized carbons (Fsp3) is 0.394. The number of benzene rings is 1. The number of halogens is 4. The molecular weight excluding hydrogens is 648 g/mol. The van der Waals surface area contributed by atoms with Crippen molar-refractivity contribution in [1.29, 1.82) is 0 Å². The second-order valence-corrected chi connectivity index (χ2v) is 12.0. The quantitative estimate of drug-likeness (QED) is 0.207. The molecule has 1 saturated carbocycles. The number of nitrogens with one attached hydrogen (secondary N) is 1. The van der Waals surface area contributed by atoms with Crippen molar-refractivity contribution in [2.45, 2.75) is 56.2 Å². The van der Waals surface area contributed by atoms with E-state index in [0.29, 0.717) is 43.3 Å². The lowest BCUT2D eigenvalue weighted by atomic mass is 9.90. The van der Waals surface area contributed by atoms with E-state index in [0.717, 1.165) is 16.0 Å². The number of methoxy groups -OCH3 is 1. The van der Waals surface area contributed by atoms with Gasteiger partial charge in [-0.1, -0.05) is 30.3 Å². The summed E-state index contributed by atoms with van der Waals surface area (Å²) in [5.74, 6) is -0.0705. The van der Waals surface area contributed by atoms with E-state index < -0.39 is 49.0 Å². The fourth-order valence-electron chi connectivity index (χ4n) is 5.92. The van der Waals surface area contributed by atoms with Crippen molar-refractivity contribution >= 4 is 23.7 Å². The van der Waals surface area contributed by atoms with Crippen molar-refractivity contribution in [2.24, 2.45) is 0 Å². The van der Waals surface area contributed by atoms with E-state index in [1.807, 2.05) is 36.4 Å².